The number of halogens is 4. The molecule has 120 valence electrons. The Morgan fingerprint density at radius 3 is 2.57 bits per heavy atom. The molecule has 0 aliphatic carbocycles. The normalized spacial score (nSPS) is 16.5. The first-order valence-corrected chi connectivity index (χ1v) is 7.54. The van der Waals surface area contributed by atoms with Gasteiger partial charge in [0, 0.05) is 42.3 Å². The van der Waals surface area contributed by atoms with Crippen LogP contribution in [0.15, 0.2) is 29.3 Å². The monoisotopic (exact) mass is 416 g/mol. The Balaban J connectivity index is 0.00000200. The first-order chi connectivity index (χ1) is 9.15. The lowest BCUT2D eigenvalue weighted by Crippen LogP contribution is -2.45. The summed E-state index contributed by atoms with van der Waals surface area (Å²) < 4.78 is 0.889. The van der Waals surface area contributed by atoms with E-state index in [1.165, 1.54) is 0 Å². The lowest BCUT2D eigenvalue weighted by atomic mass is 10.00. The first-order valence-electron chi connectivity index (χ1n) is 6.37. The van der Waals surface area contributed by atoms with Crippen LogP contribution in [0, 0.1) is 0 Å². The van der Waals surface area contributed by atoms with Crippen molar-refractivity contribution < 1.29 is 5.11 Å². The third-order valence-electron chi connectivity index (χ3n) is 3.43. The summed E-state index contributed by atoms with van der Waals surface area (Å²) in [6.07, 6.45) is 2.67. The maximum atomic E-state index is 10.3. The van der Waals surface area contributed by atoms with Gasteiger partial charge in [0.05, 0.1) is 5.02 Å². The predicted octanol–water partition coefficient (Wildman–Crippen LogP) is 4.17. The van der Waals surface area contributed by atoms with Gasteiger partial charge in [0.25, 0.3) is 0 Å². The number of piperazine rings is 1. The third kappa shape index (κ3) is 5.02. The summed E-state index contributed by atoms with van der Waals surface area (Å²) in [5, 5.41) is 14.0. The summed E-state index contributed by atoms with van der Waals surface area (Å²) in [5.41, 5.74) is 0.856. The molecule has 0 bridgehead atoms. The van der Waals surface area contributed by atoms with Gasteiger partial charge in [0.1, 0.15) is 5.75 Å². The van der Waals surface area contributed by atoms with Crippen molar-refractivity contribution in [3.8, 4) is 5.75 Å². The molecule has 2 N–H and O–H groups in total. The number of phenolic OH excluding ortho intramolecular Hbond substituents is 1. The highest BCUT2D eigenvalue weighted by Crippen LogP contribution is 2.41. The number of rotatable bonds is 4. The molecule has 1 aliphatic rings. The average Bonchev–Trinajstić information content (AvgIpc) is 2.43. The van der Waals surface area contributed by atoms with Gasteiger partial charge in [-0.05, 0) is 18.6 Å². The van der Waals surface area contributed by atoms with Gasteiger partial charge in [-0.2, -0.15) is 0 Å². The van der Waals surface area contributed by atoms with Crippen LogP contribution in [-0.4, -0.2) is 36.2 Å². The molecule has 0 saturated carbocycles. The maximum absolute atomic E-state index is 10.3. The maximum Gasteiger partial charge on any atom is 0.140 e. The van der Waals surface area contributed by atoms with E-state index in [9.17, 15) is 5.11 Å². The van der Waals surface area contributed by atoms with Crippen molar-refractivity contribution in [3.05, 3.63) is 39.8 Å². The summed E-state index contributed by atoms with van der Waals surface area (Å²) >= 11 is 9.56. The predicted molar refractivity (Wildman–Crippen MR) is 97.3 cm³/mol. The Labute approximate surface area is 151 Å². The molecule has 3 nitrogen and oxygen atoms in total. The van der Waals surface area contributed by atoms with Gasteiger partial charge in [0.2, 0.25) is 0 Å². The molecule has 1 atom stereocenters. The van der Waals surface area contributed by atoms with E-state index in [0.29, 0.717) is 5.02 Å². The van der Waals surface area contributed by atoms with Gasteiger partial charge >= 0.3 is 0 Å². The lowest BCUT2D eigenvalue weighted by molar-refractivity contribution is 0.171. The van der Waals surface area contributed by atoms with Crippen LogP contribution in [0.3, 0.4) is 0 Å². The van der Waals surface area contributed by atoms with Crippen molar-refractivity contribution in [2.45, 2.75) is 12.5 Å². The van der Waals surface area contributed by atoms with E-state index in [1.807, 2.05) is 12.1 Å². The minimum Gasteiger partial charge on any atom is -0.506 e. The summed E-state index contributed by atoms with van der Waals surface area (Å²) in [6.45, 7) is 7.67. The van der Waals surface area contributed by atoms with Gasteiger partial charge in [-0.15, -0.1) is 31.4 Å². The molecule has 0 amide bonds. The largest absolute Gasteiger partial charge is 0.506 e. The second-order valence-electron chi connectivity index (χ2n) is 4.62. The topological polar surface area (TPSA) is 35.5 Å². The Bertz CT molecular complexity index is 468. The molecule has 0 radical (unpaired) electrons. The first kappa shape index (κ1) is 21.0. The highest BCUT2D eigenvalue weighted by Gasteiger charge is 2.26. The average molecular weight is 419 g/mol. The zero-order valence-corrected chi connectivity index (χ0v) is 15.5. The Morgan fingerprint density at radius 2 is 2.00 bits per heavy atom. The van der Waals surface area contributed by atoms with Gasteiger partial charge in [-0.3, -0.25) is 4.90 Å². The van der Waals surface area contributed by atoms with Crippen LogP contribution in [0.1, 0.15) is 18.0 Å². The number of benzene rings is 1. The molecule has 1 saturated heterocycles. The molecule has 7 heteroatoms. The number of nitrogens with zero attached hydrogens (tertiary/aromatic N) is 1. The fraction of sp³-hybridized carbons (Fsp3) is 0.429. The van der Waals surface area contributed by atoms with Crippen molar-refractivity contribution in [2.24, 2.45) is 0 Å². The third-order valence-corrected chi connectivity index (χ3v) is 4.43. The van der Waals surface area contributed by atoms with Crippen LogP contribution in [0.4, 0.5) is 0 Å². The molecule has 1 aromatic carbocycles. The van der Waals surface area contributed by atoms with E-state index in [0.717, 1.165) is 42.6 Å². The minimum atomic E-state index is 0. The molecule has 0 unspecified atom stereocenters. The Kier molecular flexibility index (Phi) is 9.94. The van der Waals surface area contributed by atoms with Crippen molar-refractivity contribution in [2.75, 3.05) is 26.2 Å². The van der Waals surface area contributed by atoms with Crippen LogP contribution in [0.25, 0.3) is 0 Å². The van der Waals surface area contributed by atoms with E-state index in [2.05, 4.69) is 32.7 Å². The molecule has 1 heterocycles. The molecule has 1 fully saturated rings. The van der Waals surface area contributed by atoms with E-state index in [4.69, 9.17) is 11.6 Å². The fourth-order valence-electron chi connectivity index (χ4n) is 2.47. The second kappa shape index (κ2) is 9.93. The highest BCUT2D eigenvalue weighted by atomic mass is 79.9. The zero-order valence-electron chi connectivity index (χ0n) is 11.5. The number of hydrogen-bond donors (Lipinski definition) is 2. The van der Waals surface area contributed by atoms with Gasteiger partial charge in [-0.25, -0.2) is 0 Å². The summed E-state index contributed by atoms with van der Waals surface area (Å²) in [5.74, 6) is 0.168. The van der Waals surface area contributed by atoms with Gasteiger partial charge < -0.3 is 10.4 Å². The summed E-state index contributed by atoms with van der Waals surface area (Å²) in [6, 6.07) is 3.69. The van der Waals surface area contributed by atoms with Gasteiger partial charge in [-0.1, -0.05) is 33.6 Å². The van der Waals surface area contributed by atoms with E-state index < -0.39 is 0 Å². The minimum absolute atomic E-state index is 0. The lowest BCUT2D eigenvalue weighted by Gasteiger charge is -2.35. The van der Waals surface area contributed by atoms with Crippen molar-refractivity contribution in [3.63, 3.8) is 0 Å². The van der Waals surface area contributed by atoms with E-state index >= 15 is 0 Å². The molecule has 1 aromatic rings. The van der Waals surface area contributed by atoms with Crippen molar-refractivity contribution in [1.82, 2.24) is 10.2 Å². The number of aromatic hydroxyl groups is 1. The van der Waals surface area contributed by atoms with E-state index in [-0.39, 0.29) is 36.6 Å². The number of hydrogen-bond acceptors (Lipinski definition) is 3. The quantitative estimate of drug-likeness (QED) is 0.721. The number of nitrogens with one attached hydrogen (secondary N) is 1. The molecular weight excluding hydrogens is 398 g/mol. The molecule has 2 rings (SSSR count). The summed E-state index contributed by atoms with van der Waals surface area (Å²) in [7, 11) is 0. The van der Waals surface area contributed by atoms with Crippen LogP contribution in [-0.2, 0) is 0 Å². The molecule has 21 heavy (non-hydrogen) atoms. The molecular formula is C14H20BrCl3N2O. The SMILES string of the molecule is C=CC[C@@H](c1c(Br)ccc(Cl)c1O)N1CCNCC1.Cl.Cl. The van der Waals surface area contributed by atoms with Crippen LogP contribution in [0.5, 0.6) is 5.75 Å². The number of phenols is 1. The van der Waals surface area contributed by atoms with E-state index in [1.54, 1.807) is 6.07 Å². The smallest absolute Gasteiger partial charge is 0.140 e. The van der Waals surface area contributed by atoms with Crippen LogP contribution < -0.4 is 5.32 Å². The van der Waals surface area contributed by atoms with Crippen LogP contribution in [0.2, 0.25) is 5.02 Å². The Morgan fingerprint density at radius 1 is 1.38 bits per heavy atom. The van der Waals surface area contributed by atoms with Gasteiger partial charge in [0.15, 0.2) is 0 Å². The fourth-order valence-corrected chi connectivity index (χ4v) is 3.22. The van der Waals surface area contributed by atoms with Crippen molar-refractivity contribution in [1.29, 1.82) is 0 Å². The molecule has 1 aliphatic heterocycles. The molecule has 0 aromatic heterocycles. The van der Waals surface area contributed by atoms with Crippen LogP contribution >= 0.6 is 52.3 Å². The Hall–Kier alpha value is 0.0300. The zero-order chi connectivity index (χ0) is 13.8. The summed E-state index contributed by atoms with van der Waals surface area (Å²) in [4.78, 5) is 2.36. The van der Waals surface area contributed by atoms with Crippen molar-refractivity contribution >= 4 is 52.3 Å². The second-order valence-corrected chi connectivity index (χ2v) is 5.88. The highest BCUT2D eigenvalue weighted by molar-refractivity contribution is 9.10. The molecule has 0 spiro atoms. The standard InChI is InChI=1S/C14H18BrClN2O.2ClH/c1-2-3-12(18-8-6-17-7-9-18)13-10(15)4-5-11(16)14(13)19;;/h2,4-5,12,17,19H,1,3,6-9H2;2*1H/t12-;;/m0../s1.